The van der Waals surface area contributed by atoms with Gasteiger partial charge in [0.15, 0.2) is 0 Å². The van der Waals surface area contributed by atoms with Crippen LogP contribution in [0.5, 0.6) is 0 Å². The molecule has 0 bridgehead atoms. The first-order valence-corrected chi connectivity index (χ1v) is 1.87. The van der Waals surface area contributed by atoms with Crippen LogP contribution in [0.1, 0.15) is 6.92 Å². The lowest BCUT2D eigenvalue weighted by atomic mass is 10.9. The van der Waals surface area contributed by atoms with Gasteiger partial charge in [-0.1, -0.05) is 0 Å². The molecule has 0 atom stereocenters. The van der Waals surface area contributed by atoms with Gasteiger partial charge in [-0.15, -0.1) is 0 Å². The van der Waals surface area contributed by atoms with Gasteiger partial charge in [-0.2, -0.15) is 0 Å². The van der Waals surface area contributed by atoms with Crippen molar-refractivity contribution in [3.05, 3.63) is 0 Å². The molecule has 0 aromatic heterocycles. The summed E-state index contributed by atoms with van der Waals surface area (Å²) in [4.78, 5) is 0. The summed E-state index contributed by atoms with van der Waals surface area (Å²) in [5.41, 5.74) is 0. The van der Waals surface area contributed by atoms with Gasteiger partial charge in [-0.05, 0) is 6.92 Å². The molecule has 4 heteroatoms. The summed E-state index contributed by atoms with van der Waals surface area (Å²) in [6.07, 6.45) is -2.95. The van der Waals surface area contributed by atoms with Crippen LogP contribution in [-0.4, -0.2) is 28.1 Å². The molecule has 0 aliphatic heterocycles. The maximum Gasteiger partial charge on any atom is 0.404 e. The molecule has 0 fully saturated rings. The molecule has 7 heavy (non-hydrogen) atoms. The van der Waals surface area contributed by atoms with E-state index in [2.05, 4.69) is 4.74 Å². The fourth-order valence-corrected chi connectivity index (χ4v) is 0.194. The largest absolute Gasteiger partial charge is 0.404 e. The monoisotopic (exact) mass is 108 g/mol. The van der Waals surface area contributed by atoms with Gasteiger partial charge < -0.3 is 20.1 Å². The molecule has 3 N–H and O–H groups in total. The van der Waals surface area contributed by atoms with Crippen molar-refractivity contribution in [3.63, 3.8) is 0 Å². The molecule has 0 amide bonds. The van der Waals surface area contributed by atoms with E-state index in [1.165, 1.54) is 6.92 Å². The molecule has 0 aliphatic carbocycles. The average molecular weight is 108 g/mol. The molecule has 0 aromatic carbocycles. The first-order valence-electron chi connectivity index (χ1n) is 1.87. The lowest BCUT2D eigenvalue weighted by Gasteiger charge is -2.10. The topological polar surface area (TPSA) is 69.9 Å². The quantitative estimate of drug-likeness (QED) is 0.381. The van der Waals surface area contributed by atoms with Crippen LogP contribution >= 0.6 is 0 Å². The molecule has 4 nitrogen and oxygen atoms in total. The van der Waals surface area contributed by atoms with Crippen LogP contribution in [0.25, 0.3) is 0 Å². The number of hydrogen-bond acceptors (Lipinski definition) is 4. The fraction of sp³-hybridized carbons (Fsp3) is 1.00. The van der Waals surface area contributed by atoms with Gasteiger partial charge in [0.1, 0.15) is 0 Å². The highest BCUT2D eigenvalue weighted by Gasteiger charge is 2.16. The molecule has 0 saturated heterocycles. The molecule has 0 heterocycles. The first-order chi connectivity index (χ1) is 3.06. The molecule has 0 spiro atoms. The Hall–Kier alpha value is -0.160. The van der Waals surface area contributed by atoms with Gasteiger partial charge in [0.05, 0.1) is 6.61 Å². The Morgan fingerprint density at radius 3 is 1.86 bits per heavy atom. The van der Waals surface area contributed by atoms with Crippen LogP contribution < -0.4 is 0 Å². The van der Waals surface area contributed by atoms with E-state index in [0.29, 0.717) is 0 Å². The lowest BCUT2D eigenvalue weighted by molar-refractivity contribution is -0.453. The van der Waals surface area contributed by atoms with E-state index >= 15 is 0 Å². The zero-order valence-electron chi connectivity index (χ0n) is 3.96. The zero-order valence-corrected chi connectivity index (χ0v) is 3.96. The van der Waals surface area contributed by atoms with Crippen molar-refractivity contribution in [3.8, 4) is 0 Å². The number of hydrogen-bond donors (Lipinski definition) is 3. The summed E-state index contributed by atoms with van der Waals surface area (Å²) < 4.78 is 3.90. The SMILES string of the molecule is CCOC(O)(O)O. The van der Waals surface area contributed by atoms with Crippen LogP contribution in [0, 0.1) is 0 Å². The number of aliphatic hydroxyl groups is 3. The third-order valence-electron chi connectivity index (χ3n) is 0.338. The van der Waals surface area contributed by atoms with Gasteiger partial charge in [0.2, 0.25) is 0 Å². The van der Waals surface area contributed by atoms with Crippen LogP contribution in [0.2, 0.25) is 0 Å². The van der Waals surface area contributed by atoms with Crippen molar-refractivity contribution in [1.82, 2.24) is 0 Å². The lowest BCUT2D eigenvalue weighted by Crippen LogP contribution is -2.30. The summed E-state index contributed by atoms with van der Waals surface area (Å²) >= 11 is 0. The molecular weight excluding hydrogens is 100 g/mol. The fourth-order valence-electron chi connectivity index (χ4n) is 0.194. The highest BCUT2D eigenvalue weighted by Crippen LogP contribution is 1.91. The zero-order chi connectivity index (χ0) is 5.91. The van der Waals surface area contributed by atoms with Crippen molar-refractivity contribution in [2.75, 3.05) is 6.61 Å². The second kappa shape index (κ2) is 2.23. The second-order valence-electron chi connectivity index (χ2n) is 1.01. The minimum Gasteiger partial charge on any atom is -0.319 e. The third-order valence-corrected chi connectivity index (χ3v) is 0.338. The van der Waals surface area contributed by atoms with E-state index in [1.54, 1.807) is 0 Å². The van der Waals surface area contributed by atoms with Crippen molar-refractivity contribution < 1.29 is 20.1 Å². The summed E-state index contributed by atoms with van der Waals surface area (Å²) in [6, 6.07) is 0. The first kappa shape index (κ1) is 6.84. The Morgan fingerprint density at radius 2 is 1.86 bits per heavy atom. The maximum atomic E-state index is 7.91. The van der Waals surface area contributed by atoms with E-state index in [9.17, 15) is 0 Å². The van der Waals surface area contributed by atoms with Gasteiger partial charge in [0, 0.05) is 0 Å². The highest BCUT2D eigenvalue weighted by molar-refractivity contribution is 4.17. The molecule has 0 unspecified atom stereocenters. The Labute approximate surface area is 41.0 Å². The van der Waals surface area contributed by atoms with E-state index < -0.39 is 6.16 Å². The Bertz CT molecular complexity index is 45.4. The molecule has 0 aliphatic rings. The minimum atomic E-state index is -2.95. The third kappa shape index (κ3) is 5.84. The standard InChI is InChI=1S/C3H8O4/c1-2-7-3(4,5)6/h4-6H,2H2,1H3. The van der Waals surface area contributed by atoms with E-state index in [4.69, 9.17) is 15.3 Å². The Morgan fingerprint density at radius 1 is 1.43 bits per heavy atom. The summed E-state index contributed by atoms with van der Waals surface area (Å²) in [7, 11) is 0. The maximum absolute atomic E-state index is 7.91. The van der Waals surface area contributed by atoms with Crippen molar-refractivity contribution in [2.24, 2.45) is 0 Å². The summed E-state index contributed by atoms with van der Waals surface area (Å²) in [5.74, 6) is 0. The van der Waals surface area contributed by atoms with Gasteiger partial charge in [-0.3, -0.25) is 0 Å². The Balaban J connectivity index is 3.15. The number of rotatable bonds is 2. The van der Waals surface area contributed by atoms with Crippen molar-refractivity contribution in [2.45, 2.75) is 13.1 Å². The molecule has 44 valence electrons. The molecule has 0 aromatic rings. The molecule has 0 radical (unpaired) electrons. The predicted octanol–water partition coefficient (Wildman–Crippen LogP) is -1.39. The number of ether oxygens (including phenoxy) is 1. The van der Waals surface area contributed by atoms with Crippen molar-refractivity contribution >= 4 is 0 Å². The smallest absolute Gasteiger partial charge is 0.319 e. The minimum absolute atomic E-state index is 0.0590. The van der Waals surface area contributed by atoms with Crippen LogP contribution in [0.3, 0.4) is 0 Å². The molecule has 0 saturated carbocycles. The predicted molar refractivity (Wildman–Crippen MR) is 21.0 cm³/mol. The van der Waals surface area contributed by atoms with Crippen molar-refractivity contribution in [1.29, 1.82) is 0 Å². The van der Waals surface area contributed by atoms with E-state index in [1.807, 2.05) is 0 Å². The molecular formula is C3H8O4. The van der Waals surface area contributed by atoms with Gasteiger partial charge >= 0.3 is 6.16 Å². The summed E-state index contributed by atoms with van der Waals surface area (Å²) in [5, 5.41) is 23.7. The Kier molecular flexibility index (Phi) is 2.17. The van der Waals surface area contributed by atoms with E-state index in [-0.39, 0.29) is 6.61 Å². The van der Waals surface area contributed by atoms with Crippen LogP contribution in [0.15, 0.2) is 0 Å². The van der Waals surface area contributed by atoms with Gasteiger partial charge in [0.25, 0.3) is 0 Å². The molecule has 0 rings (SSSR count). The van der Waals surface area contributed by atoms with E-state index in [0.717, 1.165) is 0 Å². The van der Waals surface area contributed by atoms with Crippen LogP contribution in [0.4, 0.5) is 0 Å². The van der Waals surface area contributed by atoms with Gasteiger partial charge in [-0.25, -0.2) is 0 Å². The second-order valence-corrected chi connectivity index (χ2v) is 1.01. The highest BCUT2D eigenvalue weighted by atomic mass is 16.9. The average Bonchev–Trinajstić information content (AvgIpc) is 1.30. The summed E-state index contributed by atoms with van der Waals surface area (Å²) in [6.45, 7) is 1.58. The van der Waals surface area contributed by atoms with Crippen LogP contribution in [-0.2, 0) is 4.74 Å². The normalized spacial score (nSPS) is 12.0.